The molecular weight excluding hydrogens is 291 g/mol. The molecule has 2 nitrogen and oxygen atoms in total. The first kappa shape index (κ1) is 15.1. The molecule has 3 rings (SSSR count). The molecule has 1 aliphatic rings. The smallest absolute Gasteiger partial charge is 0.278 e. The van der Waals surface area contributed by atoms with Gasteiger partial charge >= 0.3 is 6.18 Å². The van der Waals surface area contributed by atoms with Crippen molar-refractivity contribution in [3.8, 4) is 0 Å². The van der Waals surface area contributed by atoms with Gasteiger partial charge in [0, 0.05) is 13.5 Å². The summed E-state index contributed by atoms with van der Waals surface area (Å²) in [6.07, 6.45) is -4.66. The van der Waals surface area contributed by atoms with Crippen molar-refractivity contribution in [1.82, 2.24) is 5.06 Å². The predicted molar refractivity (Wildman–Crippen MR) is 76.8 cm³/mol. The van der Waals surface area contributed by atoms with E-state index in [0.717, 1.165) is 5.56 Å². The fourth-order valence-corrected chi connectivity index (χ4v) is 2.96. The molecule has 0 radical (unpaired) electrons. The van der Waals surface area contributed by atoms with Gasteiger partial charge in [-0.15, -0.1) is 0 Å². The minimum atomic E-state index is -4.49. The zero-order valence-electron chi connectivity index (χ0n) is 12.0. The number of hydrogen-bond donors (Lipinski definition) is 0. The molecule has 0 aromatic heterocycles. The van der Waals surface area contributed by atoms with Crippen LogP contribution in [0.5, 0.6) is 0 Å². The minimum absolute atomic E-state index is 0.132. The molecule has 2 aromatic rings. The van der Waals surface area contributed by atoms with Crippen LogP contribution < -0.4 is 0 Å². The van der Waals surface area contributed by atoms with Gasteiger partial charge < -0.3 is 0 Å². The summed E-state index contributed by atoms with van der Waals surface area (Å²) in [6, 6.07) is 16.5. The van der Waals surface area contributed by atoms with Gasteiger partial charge in [-0.1, -0.05) is 60.7 Å². The maximum atomic E-state index is 13.8. The van der Waals surface area contributed by atoms with E-state index in [4.69, 9.17) is 4.84 Å². The van der Waals surface area contributed by atoms with Gasteiger partial charge in [0.15, 0.2) is 0 Å². The third-order valence-corrected chi connectivity index (χ3v) is 4.10. The van der Waals surface area contributed by atoms with Crippen LogP contribution in [0, 0.1) is 0 Å². The predicted octanol–water partition coefficient (Wildman–Crippen LogP) is 4.45. The Morgan fingerprint density at radius 2 is 1.55 bits per heavy atom. The van der Waals surface area contributed by atoms with Gasteiger partial charge in [-0.05, 0) is 11.1 Å². The molecule has 0 amide bonds. The van der Waals surface area contributed by atoms with Crippen molar-refractivity contribution in [2.24, 2.45) is 0 Å². The monoisotopic (exact) mass is 307 g/mol. The molecule has 0 aliphatic carbocycles. The highest BCUT2D eigenvalue weighted by Crippen LogP contribution is 2.53. The Morgan fingerprint density at radius 1 is 1.00 bits per heavy atom. The van der Waals surface area contributed by atoms with E-state index in [1.807, 2.05) is 30.3 Å². The van der Waals surface area contributed by atoms with Crippen LogP contribution in [0.2, 0.25) is 0 Å². The number of halogens is 3. The van der Waals surface area contributed by atoms with Gasteiger partial charge in [-0.3, -0.25) is 4.84 Å². The number of benzene rings is 2. The summed E-state index contributed by atoms with van der Waals surface area (Å²) in [6.45, 7) is 0. The second-order valence-corrected chi connectivity index (χ2v) is 5.46. The van der Waals surface area contributed by atoms with E-state index in [0.29, 0.717) is 0 Å². The molecule has 1 fully saturated rings. The Bertz CT molecular complexity index is 629. The maximum Gasteiger partial charge on any atom is 0.423 e. The number of alkyl halides is 3. The van der Waals surface area contributed by atoms with Gasteiger partial charge in [-0.25, -0.2) is 0 Å². The van der Waals surface area contributed by atoms with Gasteiger partial charge in [-0.2, -0.15) is 18.2 Å². The lowest BCUT2D eigenvalue weighted by atomic mass is 9.86. The molecule has 0 unspecified atom stereocenters. The van der Waals surface area contributed by atoms with Crippen LogP contribution in [0.25, 0.3) is 0 Å². The minimum Gasteiger partial charge on any atom is -0.278 e. The molecule has 0 N–H and O–H groups in total. The maximum absolute atomic E-state index is 13.8. The zero-order valence-corrected chi connectivity index (χ0v) is 12.0. The summed E-state index contributed by atoms with van der Waals surface area (Å²) in [4.78, 5) is 5.37. The largest absolute Gasteiger partial charge is 0.423 e. The van der Waals surface area contributed by atoms with E-state index in [2.05, 4.69) is 0 Å². The molecule has 0 saturated carbocycles. The second kappa shape index (κ2) is 5.41. The molecule has 1 heterocycles. The van der Waals surface area contributed by atoms with Crippen molar-refractivity contribution in [2.75, 3.05) is 7.05 Å². The summed E-state index contributed by atoms with van der Waals surface area (Å²) < 4.78 is 41.4. The van der Waals surface area contributed by atoms with Crippen LogP contribution in [-0.4, -0.2) is 18.3 Å². The molecule has 2 atom stereocenters. The average Bonchev–Trinajstić information content (AvgIpc) is 2.88. The van der Waals surface area contributed by atoms with Crippen molar-refractivity contribution in [3.05, 3.63) is 71.8 Å². The second-order valence-electron chi connectivity index (χ2n) is 5.46. The van der Waals surface area contributed by atoms with Crippen LogP contribution in [0.4, 0.5) is 13.2 Å². The first-order chi connectivity index (χ1) is 10.4. The van der Waals surface area contributed by atoms with Gasteiger partial charge in [0.2, 0.25) is 5.60 Å². The fourth-order valence-electron chi connectivity index (χ4n) is 2.96. The van der Waals surface area contributed by atoms with E-state index >= 15 is 0 Å². The number of nitrogens with zero attached hydrogens (tertiary/aromatic N) is 1. The Kier molecular flexibility index (Phi) is 3.70. The Balaban J connectivity index is 2.04. The van der Waals surface area contributed by atoms with E-state index in [-0.39, 0.29) is 12.0 Å². The van der Waals surface area contributed by atoms with Crippen molar-refractivity contribution in [1.29, 1.82) is 0 Å². The van der Waals surface area contributed by atoms with Crippen LogP contribution in [-0.2, 0) is 10.4 Å². The van der Waals surface area contributed by atoms with Crippen LogP contribution in [0.15, 0.2) is 60.7 Å². The van der Waals surface area contributed by atoms with Crippen molar-refractivity contribution in [3.63, 3.8) is 0 Å². The summed E-state index contributed by atoms with van der Waals surface area (Å²) in [5.74, 6) is 0. The number of rotatable bonds is 2. The number of hydroxylamine groups is 2. The summed E-state index contributed by atoms with van der Waals surface area (Å²) in [5.41, 5.74) is -1.36. The third-order valence-electron chi connectivity index (χ3n) is 4.10. The zero-order chi connectivity index (χ0) is 15.8. The van der Waals surface area contributed by atoms with Crippen molar-refractivity contribution >= 4 is 0 Å². The highest BCUT2D eigenvalue weighted by Gasteiger charge is 2.63. The van der Waals surface area contributed by atoms with Gasteiger partial charge in [0.25, 0.3) is 0 Å². The fraction of sp³-hybridized carbons (Fsp3) is 0.294. The average molecular weight is 307 g/mol. The quantitative estimate of drug-likeness (QED) is 0.812. The van der Waals surface area contributed by atoms with Crippen LogP contribution in [0.1, 0.15) is 23.6 Å². The lowest BCUT2D eigenvalue weighted by Gasteiger charge is -2.30. The van der Waals surface area contributed by atoms with E-state index in [1.54, 1.807) is 25.2 Å². The Morgan fingerprint density at radius 3 is 2.09 bits per heavy atom. The first-order valence-electron chi connectivity index (χ1n) is 7.03. The Labute approximate surface area is 127 Å². The molecule has 2 aromatic carbocycles. The van der Waals surface area contributed by atoms with E-state index in [9.17, 15) is 13.2 Å². The molecule has 116 valence electrons. The van der Waals surface area contributed by atoms with E-state index in [1.165, 1.54) is 17.2 Å². The SMILES string of the molecule is CN1O[C@@](c2ccccc2)(C(F)(F)F)C[C@@H]1c1ccccc1. The van der Waals surface area contributed by atoms with Gasteiger partial charge in [0.05, 0.1) is 6.04 Å². The van der Waals surface area contributed by atoms with Crippen LogP contribution >= 0.6 is 0 Å². The lowest BCUT2D eigenvalue weighted by molar-refractivity contribution is -0.322. The first-order valence-corrected chi connectivity index (χ1v) is 7.03. The summed E-state index contributed by atoms with van der Waals surface area (Å²) in [7, 11) is 1.55. The third kappa shape index (κ3) is 2.40. The van der Waals surface area contributed by atoms with Gasteiger partial charge in [0.1, 0.15) is 0 Å². The standard InChI is InChI=1S/C17H16F3NO/c1-21-15(13-8-4-2-5-9-13)12-16(22-21,17(18,19)20)14-10-6-3-7-11-14/h2-11,15H,12H2,1H3/t15-,16+/m1/s1. The van der Waals surface area contributed by atoms with E-state index < -0.39 is 17.8 Å². The van der Waals surface area contributed by atoms with Crippen LogP contribution in [0.3, 0.4) is 0 Å². The molecular formula is C17H16F3NO. The molecule has 1 saturated heterocycles. The molecule has 0 spiro atoms. The lowest BCUT2D eigenvalue weighted by Crippen LogP contribution is -2.42. The molecule has 0 bridgehead atoms. The molecule has 22 heavy (non-hydrogen) atoms. The molecule has 1 aliphatic heterocycles. The highest BCUT2D eigenvalue weighted by atomic mass is 19.4. The number of hydrogen-bond acceptors (Lipinski definition) is 2. The normalized spacial score (nSPS) is 26.3. The Hall–Kier alpha value is -1.85. The van der Waals surface area contributed by atoms with Crippen molar-refractivity contribution in [2.45, 2.75) is 24.2 Å². The topological polar surface area (TPSA) is 12.5 Å². The molecule has 5 heteroatoms. The summed E-state index contributed by atoms with van der Waals surface area (Å²) >= 11 is 0. The van der Waals surface area contributed by atoms with Crippen molar-refractivity contribution < 1.29 is 18.0 Å². The summed E-state index contributed by atoms with van der Waals surface area (Å²) in [5, 5.41) is 1.32. The highest BCUT2D eigenvalue weighted by molar-refractivity contribution is 5.29.